The molecule has 0 saturated heterocycles. The summed E-state index contributed by atoms with van der Waals surface area (Å²) in [6.07, 6.45) is -4.27. The molecule has 0 aliphatic carbocycles. The maximum absolute atomic E-state index is 12.1. The molecule has 0 saturated carbocycles. The first-order valence-corrected chi connectivity index (χ1v) is 4.20. The van der Waals surface area contributed by atoms with Gasteiger partial charge in [0.25, 0.3) is 0 Å². The van der Waals surface area contributed by atoms with E-state index < -0.39 is 23.7 Å². The van der Waals surface area contributed by atoms with Crippen molar-refractivity contribution < 1.29 is 18.0 Å². The number of carbonyl (C=O) groups is 1. The molecule has 1 rings (SSSR count). The lowest BCUT2D eigenvalue weighted by Crippen LogP contribution is -2.21. The van der Waals surface area contributed by atoms with E-state index >= 15 is 0 Å². The smallest absolute Gasteiger partial charge is 0.369 e. The van der Waals surface area contributed by atoms with Gasteiger partial charge in [0.1, 0.15) is 0 Å². The summed E-state index contributed by atoms with van der Waals surface area (Å²) in [4.78, 5) is 10.9. The molecule has 1 aromatic rings. The van der Waals surface area contributed by atoms with E-state index in [1.165, 1.54) is 0 Å². The highest BCUT2D eigenvalue weighted by Gasteiger charge is 2.35. The second-order valence-electron chi connectivity index (χ2n) is 2.97. The summed E-state index contributed by atoms with van der Waals surface area (Å²) < 4.78 is 36.4. The number of nitrogens with two attached hydrogens (primary N) is 1. The molecule has 83 valence electrons. The molecule has 0 spiro atoms. The predicted octanol–water partition coefficient (Wildman–Crippen LogP) is 1.21. The number of hydrogen-bond donors (Lipinski definition) is 2. The summed E-state index contributed by atoms with van der Waals surface area (Å²) >= 11 is 0. The lowest BCUT2D eigenvalue weighted by Gasteiger charge is -2.06. The van der Waals surface area contributed by atoms with Crippen molar-refractivity contribution in [2.24, 2.45) is 5.73 Å². The Bertz CT molecular complexity index is 358. The summed E-state index contributed by atoms with van der Waals surface area (Å²) in [6.45, 7) is 1.64. The molecule has 0 aliphatic rings. The van der Waals surface area contributed by atoms with Crippen molar-refractivity contribution >= 4 is 5.91 Å². The quantitative estimate of drug-likeness (QED) is 0.803. The average Bonchev–Trinajstić information content (AvgIpc) is 2.52. The summed E-state index contributed by atoms with van der Waals surface area (Å²) in [7, 11) is 0. The maximum Gasteiger partial charge on any atom is 0.435 e. The third-order valence-corrected chi connectivity index (χ3v) is 1.91. The van der Waals surface area contributed by atoms with E-state index in [2.05, 4.69) is 10.2 Å². The molecule has 7 heteroatoms. The molecule has 0 fully saturated rings. The second kappa shape index (κ2) is 3.92. The normalized spacial score (nSPS) is 13.9. The first kappa shape index (κ1) is 11.5. The van der Waals surface area contributed by atoms with Crippen molar-refractivity contribution in [3.63, 3.8) is 0 Å². The standard InChI is InChI=1S/C8H9F3N3O/c1-2-4(7(12)15)5-3-6(14-13-5)8(9,10)11/h4H,2H2,1H3,(H2,12,15)(H,13,14). The number of primary amides is 1. The van der Waals surface area contributed by atoms with Crippen molar-refractivity contribution in [3.05, 3.63) is 17.5 Å². The molecule has 4 nitrogen and oxygen atoms in total. The summed E-state index contributed by atoms with van der Waals surface area (Å²) in [5.41, 5.74) is 3.81. The van der Waals surface area contributed by atoms with E-state index in [-0.39, 0.29) is 5.69 Å². The van der Waals surface area contributed by atoms with E-state index in [1.54, 1.807) is 6.92 Å². The average molecular weight is 220 g/mol. The van der Waals surface area contributed by atoms with E-state index in [1.807, 2.05) is 6.07 Å². The monoisotopic (exact) mass is 220 g/mol. The van der Waals surface area contributed by atoms with Crippen molar-refractivity contribution in [3.8, 4) is 0 Å². The molecule has 15 heavy (non-hydrogen) atoms. The van der Waals surface area contributed by atoms with Crippen LogP contribution in [0, 0.1) is 6.07 Å². The number of aromatic amines is 1. The van der Waals surface area contributed by atoms with Gasteiger partial charge < -0.3 is 5.73 Å². The van der Waals surface area contributed by atoms with E-state index in [0.29, 0.717) is 6.42 Å². The molecule has 1 radical (unpaired) electrons. The molecule has 0 bridgehead atoms. The van der Waals surface area contributed by atoms with Crippen LogP contribution in [0.5, 0.6) is 0 Å². The molecule has 1 atom stereocenters. The van der Waals surface area contributed by atoms with Gasteiger partial charge in [-0.2, -0.15) is 18.3 Å². The lowest BCUT2D eigenvalue weighted by molar-refractivity contribution is -0.141. The molecule has 3 N–H and O–H groups in total. The number of aromatic nitrogens is 2. The first-order valence-electron chi connectivity index (χ1n) is 4.20. The van der Waals surface area contributed by atoms with Crippen LogP contribution in [0.4, 0.5) is 13.2 Å². The summed E-state index contributed by atoms with van der Waals surface area (Å²) in [6, 6.07) is 1.99. The number of nitrogens with one attached hydrogen (secondary N) is 1. The van der Waals surface area contributed by atoms with Gasteiger partial charge in [-0.1, -0.05) is 6.92 Å². The minimum atomic E-state index is -4.56. The summed E-state index contributed by atoms with van der Waals surface area (Å²) in [5.74, 6) is -1.51. The highest BCUT2D eigenvalue weighted by Crippen LogP contribution is 2.29. The van der Waals surface area contributed by atoms with Crippen molar-refractivity contribution in [1.29, 1.82) is 0 Å². The van der Waals surface area contributed by atoms with E-state index in [0.717, 1.165) is 0 Å². The topological polar surface area (TPSA) is 71.8 Å². The number of nitrogens with zero attached hydrogens (tertiary/aromatic N) is 1. The van der Waals surface area contributed by atoms with Crippen LogP contribution >= 0.6 is 0 Å². The molecule has 0 aromatic carbocycles. The molecule has 1 unspecified atom stereocenters. The van der Waals surface area contributed by atoms with Crippen LogP contribution < -0.4 is 5.73 Å². The fourth-order valence-electron chi connectivity index (χ4n) is 1.15. The largest absolute Gasteiger partial charge is 0.435 e. The number of rotatable bonds is 3. The van der Waals surface area contributed by atoms with Crippen LogP contribution in [-0.2, 0) is 11.0 Å². The number of carbonyl (C=O) groups excluding carboxylic acids is 1. The Morgan fingerprint density at radius 2 is 2.27 bits per heavy atom. The molecule has 0 aliphatic heterocycles. The Labute approximate surface area is 83.7 Å². The van der Waals surface area contributed by atoms with Crippen molar-refractivity contribution in [1.82, 2.24) is 10.2 Å². The predicted molar refractivity (Wildman–Crippen MR) is 44.7 cm³/mol. The number of hydrogen-bond acceptors (Lipinski definition) is 2. The zero-order valence-electron chi connectivity index (χ0n) is 7.85. The van der Waals surface area contributed by atoms with E-state index in [9.17, 15) is 18.0 Å². The van der Waals surface area contributed by atoms with Gasteiger partial charge in [0.05, 0.1) is 11.6 Å². The van der Waals surface area contributed by atoms with Gasteiger partial charge in [0, 0.05) is 6.07 Å². The third kappa shape index (κ3) is 2.48. The Balaban J connectivity index is 2.97. The number of alkyl halides is 3. The number of H-pyrrole nitrogens is 1. The molecule has 1 amide bonds. The third-order valence-electron chi connectivity index (χ3n) is 1.91. The van der Waals surface area contributed by atoms with Crippen molar-refractivity contribution in [2.75, 3.05) is 0 Å². The highest BCUT2D eigenvalue weighted by molar-refractivity contribution is 5.81. The Morgan fingerprint density at radius 3 is 2.60 bits per heavy atom. The minimum Gasteiger partial charge on any atom is -0.369 e. The minimum absolute atomic E-state index is 0.0303. The van der Waals surface area contributed by atoms with Gasteiger partial charge in [0.2, 0.25) is 5.91 Å². The molecular formula is C8H9F3N3O. The SMILES string of the molecule is CCC(C(N)=O)c1[c]c(C(F)(F)F)n[nH]1. The zero-order chi connectivity index (χ0) is 11.6. The zero-order valence-corrected chi connectivity index (χ0v) is 7.85. The van der Waals surface area contributed by atoms with Crippen LogP contribution in [-0.4, -0.2) is 16.1 Å². The summed E-state index contributed by atoms with van der Waals surface area (Å²) in [5, 5.41) is 5.14. The van der Waals surface area contributed by atoms with Gasteiger partial charge in [-0.05, 0) is 6.42 Å². The number of halogens is 3. The second-order valence-corrected chi connectivity index (χ2v) is 2.97. The molecule has 1 aromatic heterocycles. The van der Waals surface area contributed by atoms with Crippen LogP contribution in [0.1, 0.15) is 30.7 Å². The molecule has 1 heterocycles. The Hall–Kier alpha value is -1.53. The van der Waals surface area contributed by atoms with Crippen molar-refractivity contribution in [2.45, 2.75) is 25.4 Å². The van der Waals surface area contributed by atoms with E-state index in [4.69, 9.17) is 5.73 Å². The lowest BCUT2D eigenvalue weighted by atomic mass is 10.0. The first-order chi connectivity index (χ1) is 6.86. The van der Waals surface area contributed by atoms with Crippen LogP contribution in [0.25, 0.3) is 0 Å². The molecular weight excluding hydrogens is 211 g/mol. The highest BCUT2D eigenvalue weighted by atomic mass is 19.4. The van der Waals surface area contributed by atoms with Gasteiger partial charge in [0.15, 0.2) is 5.69 Å². The van der Waals surface area contributed by atoms with Gasteiger partial charge in [-0.15, -0.1) is 0 Å². The Kier molecular flexibility index (Phi) is 3.01. The maximum atomic E-state index is 12.1. The van der Waals surface area contributed by atoms with Crippen LogP contribution in [0.2, 0.25) is 0 Å². The number of amides is 1. The van der Waals surface area contributed by atoms with Gasteiger partial charge in [-0.3, -0.25) is 9.89 Å². The Morgan fingerprint density at radius 1 is 1.67 bits per heavy atom. The van der Waals surface area contributed by atoms with Gasteiger partial charge >= 0.3 is 6.18 Å². The van der Waals surface area contributed by atoms with Gasteiger partial charge in [-0.25, -0.2) is 0 Å². The fraction of sp³-hybridized carbons (Fsp3) is 0.500. The van der Waals surface area contributed by atoms with Crippen LogP contribution in [0.3, 0.4) is 0 Å². The fourth-order valence-corrected chi connectivity index (χ4v) is 1.15. The van der Waals surface area contributed by atoms with Crippen LogP contribution in [0.15, 0.2) is 0 Å².